The molecule has 0 bridgehead atoms. The monoisotopic (exact) mass is 663 g/mol. The molecule has 2 aliphatic heterocycles. The van der Waals surface area contributed by atoms with Gasteiger partial charge in [-0.2, -0.15) is 0 Å². The third-order valence-electron chi connectivity index (χ3n) is 8.44. The van der Waals surface area contributed by atoms with Crippen LogP contribution in [0.15, 0.2) is 73.3 Å². The van der Waals surface area contributed by atoms with Crippen molar-refractivity contribution in [1.29, 1.82) is 0 Å². The van der Waals surface area contributed by atoms with E-state index in [0.717, 1.165) is 60.7 Å². The van der Waals surface area contributed by atoms with Gasteiger partial charge in [0.2, 0.25) is 5.79 Å². The van der Waals surface area contributed by atoms with Crippen LogP contribution in [0.5, 0.6) is 5.75 Å². The van der Waals surface area contributed by atoms with Crippen molar-refractivity contribution in [2.75, 3.05) is 44.3 Å². The van der Waals surface area contributed by atoms with Crippen molar-refractivity contribution in [3.8, 4) is 5.75 Å². The van der Waals surface area contributed by atoms with Crippen LogP contribution in [0.25, 0.3) is 10.2 Å². The molecule has 0 radical (unpaired) electrons. The highest BCUT2D eigenvalue weighted by Crippen LogP contribution is 2.41. The molecule has 2 fully saturated rings. The Hall–Kier alpha value is -3.18. The molecule has 234 valence electrons. The zero-order chi connectivity index (χ0) is 31.0. The van der Waals surface area contributed by atoms with Gasteiger partial charge in [0.15, 0.2) is 0 Å². The van der Waals surface area contributed by atoms with Crippen LogP contribution in [0.2, 0.25) is 10.0 Å². The lowest BCUT2D eigenvalue weighted by atomic mass is 10.1. The lowest BCUT2D eigenvalue weighted by Crippen LogP contribution is -2.46. The lowest BCUT2D eigenvalue weighted by Gasteiger charge is -2.36. The van der Waals surface area contributed by atoms with Crippen molar-refractivity contribution in [2.45, 2.75) is 38.8 Å². The average Bonchev–Trinajstić information content (AvgIpc) is 3.78. The fourth-order valence-corrected chi connectivity index (χ4v) is 7.79. The molecule has 45 heavy (non-hydrogen) atoms. The van der Waals surface area contributed by atoms with E-state index in [1.807, 2.05) is 16.8 Å². The predicted molar refractivity (Wildman–Crippen MR) is 180 cm³/mol. The molecule has 2 aliphatic rings. The molecular weight excluding hydrogens is 629 g/mol. The van der Waals surface area contributed by atoms with Gasteiger partial charge in [0.25, 0.3) is 0 Å². The molecule has 0 spiro atoms. The van der Waals surface area contributed by atoms with Crippen LogP contribution in [0, 0.1) is 13.8 Å². The number of hydrogen-bond donors (Lipinski definition) is 0. The zero-order valence-electron chi connectivity index (χ0n) is 25.3. The molecular formula is C34H35Cl2N5O3S. The predicted octanol–water partition coefficient (Wildman–Crippen LogP) is 7.09. The van der Waals surface area contributed by atoms with Gasteiger partial charge in [-0.25, -0.2) is 9.97 Å². The van der Waals surface area contributed by atoms with E-state index in [9.17, 15) is 0 Å². The summed E-state index contributed by atoms with van der Waals surface area (Å²) in [6, 6.07) is 18.2. The van der Waals surface area contributed by atoms with Crippen molar-refractivity contribution < 1.29 is 14.2 Å². The number of rotatable bonds is 9. The fourth-order valence-electron chi connectivity index (χ4n) is 6.23. The van der Waals surface area contributed by atoms with Crippen LogP contribution in [0.1, 0.15) is 21.7 Å². The highest BCUT2D eigenvalue weighted by Gasteiger charge is 2.45. The summed E-state index contributed by atoms with van der Waals surface area (Å²) in [6.07, 6.45) is 5.05. The first-order valence-corrected chi connectivity index (χ1v) is 16.7. The Morgan fingerprint density at radius 3 is 2.56 bits per heavy atom. The number of ether oxygens (including phenoxy) is 3. The summed E-state index contributed by atoms with van der Waals surface area (Å²) in [5.74, 6) is -0.201. The van der Waals surface area contributed by atoms with Gasteiger partial charge in [0.05, 0.1) is 41.3 Å². The Kier molecular flexibility index (Phi) is 8.74. The number of aryl methyl sites for hydroxylation is 2. The number of halogens is 2. The average molecular weight is 665 g/mol. The molecule has 7 rings (SSSR count). The maximum atomic E-state index is 6.63. The number of piperazine rings is 1. The minimum atomic E-state index is -1.08. The molecule has 0 saturated carbocycles. The van der Waals surface area contributed by atoms with Crippen molar-refractivity contribution >= 4 is 50.4 Å². The van der Waals surface area contributed by atoms with E-state index in [1.54, 1.807) is 36.0 Å². The molecule has 2 atom stereocenters. The van der Waals surface area contributed by atoms with Gasteiger partial charge >= 0.3 is 0 Å². The number of hydrogen-bond acceptors (Lipinski definition) is 8. The number of imidazole rings is 1. The molecule has 0 unspecified atom stereocenters. The van der Waals surface area contributed by atoms with Crippen molar-refractivity contribution in [1.82, 2.24) is 19.4 Å². The van der Waals surface area contributed by atoms with E-state index in [0.29, 0.717) is 29.8 Å². The van der Waals surface area contributed by atoms with E-state index in [1.165, 1.54) is 15.4 Å². The summed E-state index contributed by atoms with van der Waals surface area (Å²) in [5, 5.41) is 2.23. The van der Waals surface area contributed by atoms with Crippen molar-refractivity contribution in [2.24, 2.45) is 0 Å². The quantitative estimate of drug-likeness (QED) is 0.167. The molecule has 8 nitrogen and oxygen atoms in total. The van der Waals surface area contributed by atoms with Crippen LogP contribution >= 0.6 is 34.5 Å². The van der Waals surface area contributed by atoms with E-state index in [-0.39, 0.29) is 6.10 Å². The minimum Gasteiger partial charge on any atom is -0.490 e. The van der Waals surface area contributed by atoms with Gasteiger partial charge in [-0.05, 0) is 61.4 Å². The van der Waals surface area contributed by atoms with Crippen LogP contribution < -0.4 is 9.64 Å². The molecule has 0 N–H and O–H groups in total. The molecule has 4 heterocycles. The number of aromatic nitrogens is 3. The Labute approximate surface area is 277 Å². The molecule has 5 aromatic rings. The van der Waals surface area contributed by atoms with Gasteiger partial charge in [0.1, 0.15) is 23.5 Å². The summed E-state index contributed by atoms with van der Waals surface area (Å²) < 4.78 is 22.5. The normalized spacial score (nSPS) is 20.7. The summed E-state index contributed by atoms with van der Waals surface area (Å²) >= 11 is 14.6. The van der Waals surface area contributed by atoms with Crippen LogP contribution in [-0.2, 0) is 28.4 Å². The van der Waals surface area contributed by atoms with E-state index < -0.39 is 5.79 Å². The van der Waals surface area contributed by atoms with E-state index in [2.05, 4.69) is 65.0 Å². The number of anilines is 1. The Morgan fingerprint density at radius 1 is 1.02 bits per heavy atom. The maximum Gasteiger partial charge on any atom is 0.215 e. The number of thiazole rings is 1. The highest BCUT2D eigenvalue weighted by molar-refractivity contribution is 7.18. The Bertz CT molecular complexity index is 1730. The van der Waals surface area contributed by atoms with Crippen molar-refractivity contribution in [3.63, 3.8) is 0 Å². The summed E-state index contributed by atoms with van der Waals surface area (Å²) in [6.45, 7) is 10.2. The van der Waals surface area contributed by atoms with Crippen LogP contribution in [0.4, 0.5) is 5.69 Å². The number of fused-ring (bicyclic) bond motifs is 1. The molecule has 0 amide bonds. The molecule has 2 aromatic heterocycles. The summed E-state index contributed by atoms with van der Waals surface area (Å²) in [7, 11) is 0. The number of nitrogens with zero attached hydrogens (tertiary/aromatic N) is 5. The Morgan fingerprint density at radius 2 is 1.82 bits per heavy atom. The topological polar surface area (TPSA) is 64.9 Å². The van der Waals surface area contributed by atoms with Gasteiger partial charge in [-0.15, -0.1) is 11.3 Å². The van der Waals surface area contributed by atoms with Gasteiger partial charge in [-0.1, -0.05) is 41.4 Å². The largest absolute Gasteiger partial charge is 0.490 e. The minimum absolute atomic E-state index is 0.290. The lowest BCUT2D eigenvalue weighted by molar-refractivity contribution is -0.189. The van der Waals surface area contributed by atoms with Crippen LogP contribution in [0.3, 0.4) is 0 Å². The zero-order valence-corrected chi connectivity index (χ0v) is 27.6. The second-order valence-corrected chi connectivity index (χ2v) is 13.7. The van der Waals surface area contributed by atoms with E-state index in [4.69, 9.17) is 42.4 Å². The van der Waals surface area contributed by atoms with Gasteiger partial charge in [-0.3, -0.25) is 4.90 Å². The third-order valence-corrected chi connectivity index (χ3v) is 10.0. The second-order valence-electron chi connectivity index (χ2n) is 11.7. The second kappa shape index (κ2) is 12.9. The summed E-state index contributed by atoms with van der Waals surface area (Å²) in [4.78, 5) is 14.0. The fraction of sp³-hybridized carbons (Fsp3) is 0.353. The maximum absolute atomic E-state index is 6.63. The first-order valence-electron chi connectivity index (χ1n) is 15.1. The van der Waals surface area contributed by atoms with Crippen LogP contribution in [-0.4, -0.2) is 64.9 Å². The molecule has 11 heteroatoms. The van der Waals surface area contributed by atoms with Gasteiger partial charge < -0.3 is 23.7 Å². The van der Waals surface area contributed by atoms with Gasteiger partial charge in [0, 0.05) is 54.8 Å². The molecule has 2 saturated heterocycles. The molecule has 3 aromatic carbocycles. The number of benzene rings is 3. The highest BCUT2D eigenvalue weighted by atomic mass is 35.5. The van der Waals surface area contributed by atoms with Crippen molar-refractivity contribution in [3.05, 3.63) is 105 Å². The standard InChI is InChI=1S/C34H35Cl2N5O3S/c1-23-15-26(41-13-11-39(12-14-41)18-32-38-30-5-3-4-6-31(30)45-32)16-24(2)33(23)42-19-27-20-43-34(44-27,21-40-10-9-37-22-40)28-8-7-25(35)17-29(28)36/h3-10,15-17,22,27H,11-14,18-21H2,1-2H3/t27-,34-/m1/s1. The first kappa shape index (κ1) is 30.5. The smallest absolute Gasteiger partial charge is 0.215 e. The Balaban J connectivity index is 0.981. The summed E-state index contributed by atoms with van der Waals surface area (Å²) in [5.41, 5.74) is 5.25. The number of para-hydroxylation sites is 1. The molecule has 0 aliphatic carbocycles. The third kappa shape index (κ3) is 6.56. The van der Waals surface area contributed by atoms with E-state index >= 15 is 0 Å². The first-order chi connectivity index (χ1) is 21.8. The SMILES string of the molecule is Cc1cc(N2CCN(Cc3nc4ccccc4s3)CC2)cc(C)c1OC[C@@H]1CO[C@@](Cn2ccnc2)(c2ccc(Cl)cc2Cl)O1.